The minimum atomic E-state index is -0.979. The van der Waals surface area contributed by atoms with Crippen molar-refractivity contribution in [2.75, 3.05) is 0 Å². The third kappa shape index (κ3) is 2.23. The SMILES string of the molecule is O=C(O)c1ccc2c(c1)nnn2Cc1ccccc1Cl. The minimum absolute atomic E-state index is 0.197. The van der Waals surface area contributed by atoms with Crippen LogP contribution in [0.15, 0.2) is 42.5 Å². The number of carboxylic acids is 1. The first-order valence-corrected chi connectivity index (χ1v) is 6.33. The van der Waals surface area contributed by atoms with Gasteiger partial charge in [0.05, 0.1) is 17.6 Å². The summed E-state index contributed by atoms with van der Waals surface area (Å²) < 4.78 is 1.70. The Morgan fingerprint density at radius 2 is 2.05 bits per heavy atom. The number of hydrogen-bond donors (Lipinski definition) is 1. The van der Waals surface area contributed by atoms with Crippen LogP contribution in [0.25, 0.3) is 11.0 Å². The van der Waals surface area contributed by atoms with Gasteiger partial charge in [0.25, 0.3) is 0 Å². The van der Waals surface area contributed by atoms with Crippen LogP contribution >= 0.6 is 11.6 Å². The summed E-state index contributed by atoms with van der Waals surface area (Å²) in [6.07, 6.45) is 0. The molecular weight excluding hydrogens is 278 g/mol. The fraction of sp³-hybridized carbons (Fsp3) is 0.0714. The first-order chi connectivity index (χ1) is 9.65. The largest absolute Gasteiger partial charge is 0.478 e. The Hall–Kier alpha value is -2.40. The number of benzene rings is 2. The summed E-state index contributed by atoms with van der Waals surface area (Å²) in [6.45, 7) is 0.489. The molecular formula is C14H10ClN3O2. The maximum absolute atomic E-state index is 10.9. The molecule has 1 N–H and O–H groups in total. The van der Waals surface area contributed by atoms with E-state index in [4.69, 9.17) is 16.7 Å². The number of aromatic carboxylic acids is 1. The van der Waals surface area contributed by atoms with Gasteiger partial charge in [0.1, 0.15) is 5.52 Å². The molecule has 3 aromatic rings. The van der Waals surface area contributed by atoms with Crippen LogP contribution in [-0.2, 0) is 6.54 Å². The molecule has 2 aromatic carbocycles. The number of carboxylic acid groups (broad SMARTS) is 1. The quantitative estimate of drug-likeness (QED) is 0.804. The Morgan fingerprint density at radius 1 is 1.25 bits per heavy atom. The zero-order valence-corrected chi connectivity index (χ0v) is 11.1. The Morgan fingerprint density at radius 3 is 2.80 bits per heavy atom. The lowest BCUT2D eigenvalue weighted by Crippen LogP contribution is -2.02. The van der Waals surface area contributed by atoms with E-state index in [0.717, 1.165) is 11.1 Å². The predicted molar refractivity (Wildman–Crippen MR) is 75.0 cm³/mol. The number of halogens is 1. The minimum Gasteiger partial charge on any atom is -0.478 e. The van der Waals surface area contributed by atoms with Crippen molar-refractivity contribution in [3.05, 3.63) is 58.6 Å². The highest BCUT2D eigenvalue weighted by Crippen LogP contribution is 2.19. The second-order valence-corrected chi connectivity index (χ2v) is 4.75. The topological polar surface area (TPSA) is 68.0 Å². The summed E-state index contributed by atoms with van der Waals surface area (Å²) in [5.41, 5.74) is 2.46. The van der Waals surface area contributed by atoms with Crippen LogP contribution < -0.4 is 0 Å². The first-order valence-electron chi connectivity index (χ1n) is 5.95. The van der Waals surface area contributed by atoms with Crippen molar-refractivity contribution in [1.29, 1.82) is 0 Å². The van der Waals surface area contributed by atoms with Crippen molar-refractivity contribution in [2.45, 2.75) is 6.54 Å². The molecule has 6 heteroatoms. The van der Waals surface area contributed by atoms with Gasteiger partial charge in [-0.15, -0.1) is 5.10 Å². The molecule has 0 aliphatic carbocycles. The van der Waals surface area contributed by atoms with E-state index in [9.17, 15) is 4.79 Å². The van der Waals surface area contributed by atoms with E-state index in [1.807, 2.05) is 24.3 Å². The van der Waals surface area contributed by atoms with Crippen molar-refractivity contribution in [3.8, 4) is 0 Å². The summed E-state index contributed by atoms with van der Waals surface area (Å²) in [4.78, 5) is 10.9. The number of carbonyl (C=O) groups is 1. The van der Waals surface area contributed by atoms with E-state index in [-0.39, 0.29) is 5.56 Å². The molecule has 0 saturated heterocycles. The third-order valence-corrected chi connectivity index (χ3v) is 3.41. The van der Waals surface area contributed by atoms with Gasteiger partial charge >= 0.3 is 5.97 Å². The van der Waals surface area contributed by atoms with Gasteiger partial charge in [-0.25, -0.2) is 9.48 Å². The van der Waals surface area contributed by atoms with Crippen molar-refractivity contribution in [2.24, 2.45) is 0 Å². The standard InChI is InChI=1S/C14H10ClN3O2/c15-11-4-2-1-3-10(11)8-18-13-6-5-9(14(19)20)7-12(13)16-17-18/h1-7H,8H2,(H,19,20). The monoisotopic (exact) mass is 287 g/mol. The average Bonchev–Trinajstić information content (AvgIpc) is 2.84. The normalized spacial score (nSPS) is 10.8. The van der Waals surface area contributed by atoms with Gasteiger partial charge < -0.3 is 5.11 Å². The van der Waals surface area contributed by atoms with Gasteiger partial charge in [-0.05, 0) is 29.8 Å². The fourth-order valence-corrected chi connectivity index (χ4v) is 2.21. The van der Waals surface area contributed by atoms with Crippen molar-refractivity contribution in [1.82, 2.24) is 15.0 Å². The van der Waals surface area contributed by atoms with Crippen molar-refractivity contribution in [3.63, 3.8) is 0 Å². The maximum Gasteiger partial charge on any atom is 0.335 e. The van der Waals surface area contributed by atoms with E-state index in [0.29, 0.717) is 17.1 Å². The number of fused-ring (bicyclic) bond motifs is 1. The molecule has 100 valence electrons. The molecule has 0 radical (unpaired) electrons. The fourth-order valence-electron chi connectivity index (χ4n) is 2.01. The number of nitrogens with zero attached hydrogens (tertiary/aromatic N) is 3. The lowest BCUT2D eigenvalue weighted by atomic mass is 10.2. The average molecular weight is 288 g/mol. The maximum atomic E-state index is 10.9. The van der Waals surface area contributed by atoms with E-state index in [2.05, 4.69) is 10.3 Å². The van der Waals surface area contributed by atoms with Crippen LogP contribution in [0.5, 0.6) is 0 Å². The molecule has 0 aliphatic heterocycles. The number of rotatable bonds is 3. The van der Waals surface area contributed by atoms with E-state index < -0.39 is 5.97 Å². The Kier molecular flexibility index (Phi) is 3.12. The lowest BCUT2D eigenvalue weighted by molar-refractivity contribution is 0.0697. The molecule has 5 nitrogen and oxygen atoms in total. The molecule has 0 aliphatic rings. The van der Waals surface area contributed by atoms with E-state index in [1.165, 1.54) is 12.1 Å². The van der Waals surface area contributed by atoms with Crippen molar-refractivity contribution >= 4 is 28.6 Å². The lowest BCUT2D eigenvalue weighted by Gasteiger charge is -2.04. The summed E-state index contributed by atoms with van der Waals surface area (Å²) in [7, 11) is 0. The highest BCUT2D eigenvalue weighted by molar-refractivity contribution is 6.31. The molecule has 0 unspecified atom stereocenters. The Bertz CT molecular complexity index is 798. The highest BCUT2D eigenvalue weighted by atomic mass is 35.5. The van der Waals surface area contributed by atoms with Crippen LogP contribution in [0.4, 0.5) is 0 Å². The molecule has 0 amide bonds. The zero-order valence-electron chi connectivity index (χ0n) is 10.3. The second kappa shape index (κ2) is 4.94. The first kappa shape index (κ1) is 12.6. The summed E-state index contributed by atoms with van der Waals surface area (Å²) in [5, 5.41) is 17.7. The van der Waals surface area contributed by atoms with Gasteiger partial charge in [-0.1, -0.05) is 35.0 Å². The summed E-state index contributed by atoms with van der Waals surface area (Å²) in [5.74, 6) is -0.979. The van der Waals surface area contributed by atoms with E-state index >= 15 is 0 Å². The summed E-state index contributed by atoms with van der Waals surface area (Å²) in [6, 6.07) is 12.3. The van der Waals surface area contributed by atoms with Gasteiger partial charge in [-0.3, -0.25) is 0 Å². The molecule has 1 heterocycles. The molecule has 0 saturated carbocycles. The Balaban J connectivity index is 2.01. The molecule has 20 heavy (non-hydrogen) atoms. The Labute approximate surface area is 119 Å². The third-order valence-electron chi connectivity index (χ3n) is 3.04. The van der Waals surface area contributed by atoms with Crippen LogP contribution in [0.1, 0.15) is 15.9 Å². The zero-order chi connectivity index (χ0) is 14.1. The molecule has 1 aromatic heterocycles. The van der Waals surface area contributed by atoms with Gasteiger partial charge in [0.2, 0.25) is 0 Å². The predicted octanol–water partition coefficient (Wildman–Crippen LogP) is 2.83. The molecule has 0 fully saturated rings. The van der Waals surface area contributed by atoms with Crippen LogP contribution in [0.2, 0.25) is 5.02 Å². The second-order valence-electron chi connectivity index (χ2n) is 4.35. The van der Waals surface area contributed by atoms with Gasteiger partial charge in [0.15, 0.2) is 0 Å². The van der Waals surface area contributed by atoms with Crippen molar-refractivity contribution < 1.29 is 9.90 Å². The molecule has 0 bridgehead atoms. The number of aromatic nitrogens is 3. The number of hydrogen-bond acceptors (Lipinski definition) is 3. The van der Waals surface area contributed by atoms with Crippen LogP contribution in [-0.4, -0.2) is 26.1 Å². The summed E-state index contributed by atoms with van der Waals surface area (Å²) >= 11 is 6.12. The molecule has 0 spiro atoms. The van der Waals surface area contributed by atoms with Crippen LogP contribution in [0.3, 0.4) is 0 Å². The smallest absolute Gasteiger partial charge is 0.335 e. The molecule has 3 rings (SSSR count). The van der Waals surface area contributed by atoms with Gasteiger partial charge in [-0.2, -0.15) is 0 Å². The van der Waals surface area contributed by atoms with Gasteiger partial charge in [0, 0.05) is 5.02 Å². The highest BCUT2D eigenvalue weighted by Gasteiger charge is 2.10. The van der Waals surface area contributed by atoms with E-state index in [1.54, 1.807) is 10.7 Å². The van der Waals surface area contributed by atoms with Crippen LogP contribution in [0, 0.1) is 0 Å². The molecule has 0 atom stereocenters.